The van der Waals surface area contributed by atoms with E-state index in [1.54, 1.807) is 6.20 Å². The van der Waals surface area contributed by atoms with Gasteiger partial charge in [0.05, 0.1) is 25.0 Å². The number of ether oxygens (including phenoxy) is 1. The fraction of sp³-hybridized carbons (Fsp3) is 0.179. The highest BCUT2D eigenvalue weighted by Crippen LogP contribution is 2.28. The number of urea groups is 1. The Morgan fingerprint density at radius 2 is 1.65 bits per heavy atom. The summed E-state index contributed by atoms with van der Waals surface area (Å²) >= 11 is 3.43. The van der Waals surface area contributed by atoms with Crippen molar-refractivity contribution in [2.45, 2.75) is 12.5 Å². The molecule has 2 heterocycles. The largest absolute Gasteiger partial charge is 0.491 e. The van der Waals surface area contributed by atoms with Gasteiger partial charge in [-0.15, -0.1) is 0 Å². The lowest BCUT2D eigenvalue weighted by atomic mass is 10.0. The summed E-state index contributed by atoms with van der Waals surface area (Å²) in [6.07, 6.45) is 2.22. The standard InChI is InChI=1S/C20H17BrN4O2.C8H10O2/c21-15-8-6-14(7-9-15)16-11-22-19(24-16)17(10-13-4-2-1-3-5-13)25-18(26)12-23-20(25)27;9-6-7-10-8-4-2-1-3-5-8/h1-9,11,17H,10,12H2,(H,22,24)(H,23,27);1-5,9H,6-7H2. The van der Waals surface area contributed by atoms with Crippen LogP contribution in [0.1, 0.15) is 17.4 Å². The maximum atomic E-state index is 12.3. The van der Waals surface area contributed by atoms with Crippen molar-refractivity contribution in [2.75, 3.05) is 19.8 Å². The van der Waals surface area contributed by atoms with Crippen LogP contribution in [0.2, 0.25) is 0 Å². The number of aliphatic hydroxyl groups excluding tert-OH is 1. The lowest BCUT2D eigenvalue weighted by Gasteiger charge is -2.23. The van der Waals surface area contributed by atoms with Gasteiger partial charge >= 0.3 is 6.03 Å². The number of H-pyrrole nitrogens is 1. The van der Waals surface area contributed by atoms with E-state index in [4.69, 9.17) is 9.84 Å². The molecule has 1 fully saturated rings. The molecule has 8 nitrogen and oxygen atoms in total. The molecule has 0 radical (unpaired) electrons. The molecule has 9 heteroatoms. The number of imide groups is 1. The van der Waals surface area contributed by atoms with Gasteiger partial charge in [-0.25, -0.2) is 9.78 Å². The Balaban J connectivity index is 0.000000270. The Kier molecular flexibility index (Phi) is 9.07. The van der Waals surface area contributed by atoms with Crippen molar-refractivity contribution in [3.63, 3.8) is 0 Å². The molecule has 1 aliphatic rings. The first-order valence-electron chi connectivity index (χ1n) is 11.8. The molecule has 0 spiro atoms. The zero-order chi connectivity index (χ0) is 26.0. The first kappa shape index (κ1) is 26.1. The first-order chi connectivity index (χ1) is 18.0. The van der Waals surface area contributed by atoms with Gasteiger partial charge in [0, 0.05) is 10.9 Å². The second-order valence-corrected chi connectivity index (χ2v) is 9.12. The minimum Gasteiger partial charge on any atom is -0.491 e. The van der Waals surface area contributed by atoms with Crippen molar-refractivity contribution in [3.05, 3.63) is 107 Å². The first-order valence-corrected chi connectivity index (χ1v) is 12.6. The highest BCUT2D eigenvalue weighted by Gasteiger charge is 2.37. The number of benzene rings is 3. The number of nitrogens with zero attached hydrogens (tertiary/aromatic N) is 2. The van der Waals surface area contributed by atoms with Crippen LogP contribution in [0.5, 0.6) is 5.75 Å². The minimum absolute atomic E-state index is 0.0183. The number of halogens is 1. The molecule has 3 amide bonds. The summed E-state index contributed by atoms with van der Waals surface area (Å²) in [5.41, 5.74) is 2.84. The number of hydrogen-bond donors (Lipinski definition) is 3. The van der Waals surface area contributed by atoms with Crippen molar-refractivity contribution in [1.82, 2.24) is 20.2 Å². The fourth-order valence-electron chi connectivity index (χ4n) is 3.86. The van der Waals surface area contributed by atoms with Crippen LogP contribution in [0.3, 0.4) is 0 Å². The highest BCUT2D eigenvalue weighted by molar-refractivity contribution is 9.10. The number of carbonyl (C=O) groups excluding carboxylic acids is 2. The van der Waals surface area contributed by atoms with E-state index in [1.807, 2.05) is 84.9 Å². The van der Waals surface area contributed by atoms with Gasteiger partial charge in [0.2, 0.25) is 0 Å². The topological polar surface area (TPSA) is 108 Å². The molecule has 1 aromatic heterocycles. The molecule has 1 aliphatic heterocycles. The minimum atomic E-state index is -0.494. The van der Waals surface area contributed by atoms with Gasteiger partial charge in [-0.3, -0.25) is 9.69 Å². The summed E-state index contributed by atoms with van der Waals surface area (Å²) in [5.74, 6) is 1.14. The van der Waals surface area contributed by atoms with Crippen molar-refractivity contribution in [3.8, 4) is 17.0 Å². The maximum absolute atomic E-state index is 12.3. The van der Waals surface area contributed by atoms with Gasteiger partial charge in [-0.1, -0.05) is 76.6 Å². The van der Waals surface area contributed by atoms with E-state index in [0.29, 0.717) is 18.9 Å². The number of imidazole rings is 1. The van der Waals surface area contributed by atoms with Crippen LogP contribution in [-0.2, 0) is 11.2 Å². The smallest absolute Gasteiger partial charge is 0.325 e. The van der Waals surface area contributed by atoms with Gasteiger partial charge in [0.1, 0.15) is 24.2 Å². The monoisotopic (exact) mass is 562 g/mol. The van der Waals surface area contributed by atoms with Gasteiger partial charge in [0.25, 0.3) is 5.91 Å². The van der Waals surface area contributed by atoms with E-state index < -0.39 is 6.04 Å². The Bertz CT molecular complexity index is 1280. The van der Waals surface area contributed by atoms with E-state index in [9.17, 15) is 9.59 Å². The number of aromatic nitrogens is 2. The zero-order valence-corrected chi connectivity index (χ0v) is 21.6. The van der Waals surface area contributed by atoms with Crippen LogP contribution in [0.25, 0.3) is 11.3 Å². The Morgan fingerprint density at radius 1 is 0.973 bits per heavy atom. The third-order valence-electron chi connectivity index (χ3n) is 5.63. The summed E-state index contributed by atoms with van der Waals surface area (Å²) in [4.78, 5) is 33.6. The number of aliphatic hydroxyl groups is 1. The molecule has 1 unspecified atom stereocenters. The van der Waals surface area contributed by atoms with Crippen LogP contribution in [0, 0.1) is 0 Å². The number of aromatic amines is 1. The number of hydrogen-bond acceptors (Lipinski definition) is 5. The molecule has 0 aliphatic carbocycles. The van der Waals surface area contributed by atoms with Crippen LogP contribution >= 0.6 is 15.9 Å². The fourth-order valence-corrected chi connectivity index (χ4v) is 4.12. The molecule has 0 bridgehead atoms. The van der Waals surface area contributed by atoms with Gasteiger partial charge < -0.3 is 20.1 Å². The summed E-state index contributed by atoms with van der Waals surface area (Å²) in [6.45, 7) is 0.448. The molecule has 3 aromatic carbocycles. The van der Waals surface area contributed by atoms with E-state index in [-0.39, 0.29) is 25.1 Å². The molecular weight excluding hydrogens is 536 g/mol. The summed E-state index contributed by atoms with van der Waals surface area (Å²) < 4.78 is 6.10. The van der Waals surface area contributed by atoms with E-state index >= 15 is 0 Å². The maximum Gasteiger partial charge on any atom is 0.325 e. The Labute approximate surface area is 223 Å². The van der Waals surface area contributed by atoms with E-state index in [2.05, 4.69) is 31.2 Å². The van der Waals surface area contributed by atoms with Gasteiger partial charge in [-0.2, -0.15) is 0 Å². The second-order valence-electron chi connectivity index (χ2n) is 8.20. The van der Waals surface area contributed by atoms with Crippen LogP contribution in [0.4, 0.5) is 4.79 Å². The summed E-state index contributed by atoms with van der Waals surface area (Å²) in [5, 5.41) is 11.0. The zero-order valence-electron chi connectivity index (χ0n) is 20.0. The van der Waals surface area contributed by atoms with E-state index in [1.165, 1.54) is 4.90 Å². The normalized spacial score (nSPS) is 13.5. The number of carbonyl (C=O) groups is 2. The van der Waals surface area contributed by atoms with Crippen molar-refractivity contribution < 1.29 is 19.4 Å². The molecule has 1 saturated heterocycles. The molecule has 5 rings (SSSR count). The highest BCUT2D eigenvalue weighted by atomic mass is 79.9. The van der Waals surface area contributed by atoms with Gasteiger partial charge in [-0.05, 0) is 35.4 Å². The molecule has 0 saturated carbocycles. The van der Waals surface area contributed by atoms with Crippen molar-refractivity contribution in [2.24, 2.45) is 0 Å². The van der Waals surface area contributed by atoms with Crippen molar-refractivity contribution >= 4 is 27.9 Å². The number of para-hydroxylation sites is 1. The number of rotatable bonds is 8. The molecule has 1 atom stereocenters. The molecule has 37 heavy (non-hydrogen) atoms. The second kappa shape index (κ2) is 12.8. The van der Waals surface area contributed by atoms with Gasteiger partial charge in [0.15, 0.2) is 0 Å². The van der Waals surface area contributed by atoms with Crippen LogP contribution < -0.4 is 10.1 Å². The Morgan fingerprint density at radius 3 is 2.27 bits per heavy atom. The lowest BCUT2D eigenvalue weighted by molar-refractivity contribution is -0.126. The van der Waals surface area contributed by atoms with Crippen LogP contribution in [0.15, 0.2) is 95.6 Å². The number of nitrogens with one attached hydrogen (secondary N) is 2. The average Bonchev–Trinajstić information content (AvgIpc) is 3.55. The SMILES string of the molecule is O=C1CNC(=O)N1C(Cc1ccccc1)c1ncc(-c2ccc(Br)cc2)[nH]1.OCCOc1ccccc1. The summed E-state index contributed by atoms with van der Waals surface area (Å²) in [7, 11) is 0. The number of amides is 3. The van der Waals surface area contributed by atoms with Crippen LogP contribution in [-0.4, -0.2) is 51.7 Å². The predicted octanol–water partition coefficient (Wildman–Crippen LogP) is 4.73. The molecule has 190 valence electrons. The lowest BCUT2D eigenvalue weighted by Crippen LogP contribution is -2.36. The molecule has 3 N–H and O–H groups in total. The van der Waals surface area contributed by atoms with E-state index in [0.717, 1.165) is 27.0 Å². The summed E-state index contributed by atoms with van der Waals surface area (Å²) in [6, 6.07) is 26.2. The predicted molar refractivity (Wildman–Crippen MR) is 144 cm³/mol. The third kappa shape index (κ3) is 7.05. The quantitative estimate of drug-likeness (QED) is 0.269. The molecular formula is C28H27BrN4O4. The Hall–Kier alpha value is -3.95. The third-order valence-corrected chi connectivity index (χ3v) is 6.16. The average molecular weight is 563 g/mol. The molecule has 4 aromatic rings. The van der Waals surface area contributed by atoms with Crippen molar-refractivity contribution in [1.29, 1.82) is 0 Å².